The summed E-state index contributed by atoms with van der Waals surface area (Å²) in [6, 6.07) is 6.54. The lowest BCUT2D eigenvalue weighted by molar-refractivity contribution is 0.0692. The highest BCUT2D eigenvalue weighted by atomic mass is 79.9. The molecular weight excluding hydrogens is 323 g/mol. The molecule has 0 saturated heterocycles. The standard InChI is InChI=1S/C12H8BrClO4/c13-7-1-2-10(9(14)5-7)18-6-11-8(12(15)16)3-4-17-11/h1-5H,6H2,(H,15,16). The molecule has 0 saturated carbocycles. The maximum absolute atomic E-state index is 10.9. The highest BCUT2D eigenvalue weighted by Crippen LogP contribution is 2.28. The molecule has 0 radical (unpaired) electrons. The lowest BCUT2D eigenvalue weighted by atomic mass is 10.2. The molecule has 1 aromatic heterocycles. The number of benzene rings is 1. The molecule has 0 atom stereocenters. The van der Waals surface area contributed by atoms with Crippen molar-refractivity contribution in [3.8, 4) is 5.75 Å². The lowest BCUT2D eigenvalue weighted by Gasteiger charge is -2.07. The van der Waals surface area contributed by atoms with Gasteiger partial charge in [-0.1, -0.05) is 27.5 Å². The summed E-state index contributed by atoms with van der Waals surface area (Å²) in [6.45, 7) is 0.00991. The second-order valence-electron chi connectivity index (χ2n) is 3.43. The van der Waals surface area contributed by atoms with Gasteiger partial charge in [-0.3, -0.25) is 0 Å². The first kappa shape index (κ1) is 13.0. The summed E-state index contributed by atoms with van der Waals surface area (Å²) in [5.74, 6) is -0.335. The fourth-order valence-electron chi connectivity index (χ4n) is 1.38. The Bertz CT molecular complexity index is 579. The van der Waals surface area contributed by atoms with E-state index < -0.39 is 5.97 Å². The van der Waals surface area contributed by atoms with E-state index in [1.807, 2.05) is 0 Å². The number of carboxylic acids is 1. The zero-order valence-electron chi connectivity index (χ0n) is 9.02. The minimum atomic E-state index is -1.05. The largest absolute Gasteiger partial charge is 0.484 e. The molecular formula is C12H8BrClO4. The lowest BCUT2D eigenvalue weighted by Crippen LogP contribution is -2.02. The number of rotatable bonds is 4. The first-order valence-electron chi connectivity index (χ1n) is 4.95. The van der Waals surface area contributed by atoms with Crippen molar-refractivity contribution < 1.29 is 19.1 Å². The van der Waals surface area contributed by atoms with Gasteiger partial charge in [-0.2, -0.15) is 0 Å². The van der Waals surface area contributed by atoms with Gasteiger partial charge >= 0.3 is 5.97 Å². The van der Waals surface area contributed by atoms with Crippen LogP contribution in [0.15, 0.2) is 39.4 Å². The maximum atomic E-state index is 10.9. The summed E-state index contributed by atoms with van der Waals surface area (Å²) in [4.78, 5) is 10.9. The number of aromatic carboxylic acids is 1. The monoisotopic (exact) mass is 330 g/mol. The van der Waals surface area contributed by atoms with E-state index >= 15 is 0 Å². The minimum Gasteiger partial charge on any atom is -0.484 e. The molecule has 0 aliphatic carbocycles. The van der Waals surface area contributed by atoms with E-state index in [0.717, 1.165) is 4.47 Å². The van der Waals surface area contributed by atoms with Crippen LogP contribution in [0.4, 0.5) is 0 Å². The van der Waals surface area contributed by atoms with Crippen LogP contribution in [-0.4, -0.2) is 11.1 Å². The Hall–Kier alpha value is -1.46. The van der Waals surface area contributed by atoms with E-state index in [1.54, 1.807) is 18.2 Å². The summed E-state index contributed by atoms with van der Waals surface area (Å²) < 4.78 is 11.3. The fourth-order valence-corrected chi connectivity index (χ4v) is 2.11. The third-order valence-electron chi connectivity index (χ3n) is 2.23. The van der Waals surface area contributed by atoms with Gasteiger partial charge in [0.25, 0.3) is 0 Å². The third-order valence-corrected chi connectivity index (χ3v) is 3.02. The average molecular weight is 332 g/mol. The van der Waals surface area contributed by atoms with E-state index in [9.17, 15) is 4.79 Å². The molecule has 2 aromatic rings. The Morgan fingerprint density at radius 3 is 2.89 bits per heavy atom. The molecule has 0 spiro atoms. The maximum Gasteiger partial charge on any atom is 0.339 e. The van der Waals surface area contributed by atoms with E-state index in [4.69, 9.17) is 25.9 Å². The molecule has 1 N–H and O–H groups in total. The van der Waals surface area contributed by atoms with Crippen molar-refractivity contribution in [1.82, 2.24) is 0 Å². The molecule has 1 aromatic carbocycles. The Kier molecular flexibility index (Phi) is 3.93. The molecule has 0 amide bonds. The number of hydrogen-bond acceptors (Lipinski definition) is 3. The van der Waals surface area contributed by atoms with Gasteiger partial charge in [0, 0.05) is 4.47 Å². The molecule has 0 aliphatic rings. The van der Waals surface area contributed by atoms with Gasteiger partial charge in [0.2, 0.25) is 0 Å². The van der Waals surface area contributed by atoms with Gasteiger partial charge in [-0.25, -0.2) is 4.79 Å². The van der Waals surface area contributed by atoms with Gasteiger partial charge in [-0.05, 0) is 24.3 Å². The van der Waals surface area contributed by atoms with Gasteiger partial charge in [0.05, 0.1) is 11.3 Å². The number of halogens is 2. The van der Waals surface area contributed by atoms with Crippen LogP contribution in [-0.2, 0) is 6.61 Å². The summed E-state index contributed by atoms with van der Waals surface area (Å²) in [5, 5.41) is 9.33. The predicted octanol–water partition coefficient (Wildman–Crippen LogP) is 3.97. The number of carbonyl (C=O) groups is 1. The van der Waals surface area contributed by atoms with Crippen LogP contribution in [0.2, 0.25) is 5.02 Å². The fraction of sp³-hybridized carbons (Fsp3) is 0.0833. The van der Waals surface area contributed by atoms with Gasteiger partial charge in [-0.15, -0.1) is 0 Å². The van der Waals surface area contributed by atoms with Crippen LogP contribution in [0.1, 0.15) is 16.1 Å². The summed E-state index contributed by atoms with van der Waals surface area (Å²) in [6.07, 6.45) is 1.31. The SMILES string of the molecule is O=C(O)c1ccoc1COc1ccc(Br)cc1Cl. The molecule has 6 heteroatoms. The van der Waals surface area contributed by atoms with Crippen molar-refractivity contribution in [1.29, 1.82) is 0 Å². The van der Waals surface area contributed by atoms with Crippen LogP contribution in [0.3, 0.4) is 0 Å². The number of ether oxygens (including phenoxy) is 1. The molecule has 0 unspecified atom stereocenters. The van der Waals surface area contributed by atoms with E-state index in [2.05, 4.69) is 15.9 Å². The number of carboxylic acid groups (broad SMARTS) is 1. The molecule has 0 aliphatic heterocycles. The molecule has 0 bridgehead atoms. The van der Waals surface area contributed by atoms with Crippen molar-refractivity contribution >= 4 is 33.5 Å². The van der Waals surface area contributed by atoms with Crippen molar-refractivity contribution in [2.75, 3.05) is 0 Å². The van der Waals surface area contributed by atoms with Crippen molar-refractivity contribution in [2.24, 2.45) is 0 Å². The summed E-state index contributed by atoms with van der Waals surface area (Å²) in [5.41, 5.74) is 0.0863. The van der Waals surface area contributed by atoms with Gasteiger partial charge in [0.1, 0.15) is 17.9 Å². The average Bonchev–Trinajstić information content (AvgIpc) is 2.76. The third kappa shape index (κ3) is 2.86. The van der Waals surface area contributed by atoms with Crippen LogP contribution in [0.5, 0.6) is 5.75 Å². The molecule has 0 fully saturated rings. The molecule has 94 valence electrons. The van der Waals surface area contributed by atoms with Crippen molar-refractivity contribution in [3.05, 3.63) is 51.3 Å². The van der Waals surface area contributed by atoms with Crippen LogP contribution >= 0.6 is 27.5 Å². The molecule has 1 heterocycles. The van der Waals surface area contributed by atoms with E-state index in [-0.39, 0.29) is 17.9 Å². The van der Waals surface area contributed by atoms with Crippen molar-refractivity contribution in [2.45, 2.75) is 6.61 Å². The van der Waals surface area contributed by atoms with Crippen LogP contribution in [0, 0.1) is 0 Å². The molecule has 2 rings (SSSR count). The minimum absolute atomic E-state index is 0.00991. The topological polar surface area (TPSA) is 59.7 Å². The zero-order valence-corrected chi connectivity index (χ0v) is 11.4. The molecule has 4 nitrogen and oxygen atoms in total. The molecule has 18 heavy (non-hydrogen) atoms. The highest BCUT2D eigenvalue weighted by Gasteiger charge is 2.14. The second-order valence-corrected chi connectivity index (χ2v) is 4.75. The van der Waals surface area contributed by atoms with Gasteiger partial charge < -0.3 is 14.3 Å². The first-order chi connectivity index (χ1) is 8.58. The van der Waals surface area contributed by atoms with E-state index in [0.29, 0.717) is 10.8 Å². The Balaban J connectivity index is 2.11. The number of hydrogen-bond donors (Lipinski definition) is 1. The Labute approximate surface area is 116 Å². The summed E-state index contributed by atoms with van der Waals surface area (Å²) in [7, 11) is 0. The number of furan rings is 1. The first-order valence-corrected chi connectivity index (χ1v) is 6.12. The Morgan fingerprint density at radius 2 is 2.22 bits per heavy atom. The smallest absolute Gasteiger partial charge is 0.339 e. The van der Waals surface area contributed by atoms with Crippen LogP contribution < -0.4 is 4.74 Å². The van der Waals surface area contributed by atoms with Crippen molar-refractivity contribution in [3.63, 3.8) is 0 Å². The van der Waals surface area contributed by atoms with Crippen LogP contribution in [0.25, 0.3) is 0 Å². The zero-order chi connectivity index (χ0) is 13.1. The summed E-state index contributed by atoms with van der Waals surface area (Å²) >= 11 is 9.25. The quantitative estimate of drug-likeness (QED) is 0.921. The normalized spacial score (nSPS) is 10.3. The second kappa shape index (κ2) is 5.46. The Morgan fingerprint density at radius 1 is 1.44 bits per heavy atom. The van der Waals surface area contributed by atoms with E-state index in [1.165, 1.54) is 12.3 Å². The predicted molar refractivity (Wildman–Crippen MR) is 69.2 cm³/mol. The van der Waals surface area contributed by atoms with Gasteiger partial charge in [0.15, 0.2) is 5.76 Å². The highest BCUT2D eigenvalue weighted by molar-refractivity contribution is 9.10.